The minimum absolute atomic E-state index is 0.268. The van der Waals surface area contributed by atoms with Crippen molar-refractivity contribution in [3.63, 3.8) is 0 Å². The molecule has 0 bridgehead atoms. The van der Waals surface area contributed by atoms with Crippen molar-refractivity contribution in [3.8, 4) is 6.07 Å². The Morgan fingerprint density at radius 2 is 2.00 bits per heavy atom. The fourth-order valence-electron chi connectivity index (χ4n) is 3.02. The van der Waals surface area contributed by atoms with E-state index in [0.29, 0.717) is 11.3 Å². The van der Waals surface area contributed by atoms with Crippen LogP contribution in [0.3, 0.4) is 0 Å². The molecule has 1 fully saturated rings. The lowest BCUT2D eigenvalue weighted by atomic mass is 10.00. The number of carbonyl (C=O) groups excluding carboxylic acids is 1. The van der Waals surface area contributed by atoms with Crippen LogP contribution in [0, 0.1) is 18.3 Å². The topological polar surface area (TPSA) is 120 Å². The monoisotopic (exact) mass is 388 g/mol. The third kappa shape index (κ3) is 3.71. The maximum Gasteiger partial charge on any atom is 0.280 e. The third-order valence-electron chi connectivity index (χ3n) is 4.80. The maximum atomic E-state index is 12.8. The summed E-state index contributed by atoms with van der Waals surface area (Å²) >= 11 is 0. The molecule has 27 heavy (non-hydrogen) atoms. The van der Waals surface area contributed by atoms with Crippen LogP contribution in [-0.2, 0) is 22.1 Å². The van der Waals surface area contributed by atoms with Crippen LogP contribution < -0.4 is 10.0 Å². The van der Waals surface area contributed by atoms with Crippen LogP contribution in [0.4, 0.5) is 5.69 Å². The number of hydrogen-bond acceptors (Lipinski definition) is 5. The number of aromatic nitrogens is 2. The third-order valence-corrected chi connectivity index (χ3v) is 6.40. The fraction of sp³-hybridized carbons (Fsp3) is 0.353. The molecule has 0 unspecified atom stereocenters. The predicted molar refractivity (Wildman–Crippen MR) is 98.7 cm³/mol. The van der Waals surface area contributed by atoms with E-state index in [1.54, 1.807) is 42.2 Å². The van der Waals surface area contributed by atoms with Crippen molar-refractivity contribution < 1.29 is 13.2 Å². The number of aryl methyl sites for hydroxylation is 1. The maximum absolute atomic E-state index is 12.8. The summed E-state index contributed by atoms with van der Waals surface area (Å²) < 4.78 is 30.3. The number of benzene rings is 1. The highest BCUT2D eigenvalue weighted by Gasteiger charge is 2.41. The van der Waals surface area contributed by atoms with E-state index in [1.807, 2.05) is 13.0 Å². The molecule has 2 atom stereocenters. The van der Waals surface area contributed by atoms with E-state index in [2.05, 4.69) is 15.1 Å². The number of nitrogens with zero attached hydrogens (tertiary/aromatic N) is 4. The number of amides is 1. The first-order valence-electron chi connectivity index (χ1n) is 8.27. The summed E-state index contributed by atoms with van der Waals surface area (Å²) in [6, 6.07) is 6.96. The molecule has 0 spiro atoms. The van der Waals surface area contributed by atoms with Gasteiger partial charge in [-0.05, 0) is 37.6 Å². The molecule has 2 aromatic rings. The van der Waals surface area contributed by atoms with Crippen molar-refractivity contribution in [2.24, 2.45) is 7.05 Å². The highest BCUT2D eigenvalue weighted by molar-refractivity contribution is 7.87. The first-order valence-corrected chi connectivity index (χ1v) is 9.71. The van der Waals surface area contributed by atoms with Crippen LogP contribution in [0.5, 0.6) is 0 Å². The minimum Gasteiger partial charge on any atom is -0.325 e. The molecule has 0 radical (unpaired) electrons. The van der Waals surface area contributed by atoms with Gasteiger partial charge < -0.3 is 5.32 Å². The molecule has 1 amide bonds. The van der Waals surface area contributed by atoms with Gasteiger partial charge in [-0.1, -0.05) is 0 Å². The van der Waals surface area contributed by atoms with Crippen LogP contribution in [0.25, 0.3) is 0 Å². The highest BCUT2D eigenvalue weighted by atomic mass is 32.2. The Hall–Kier alpha value is -2.74. The lowest BCUT2D eigenvalue weighted by Gasteiger charge is -2.36. The SMILES string of the molecule is Cc1c([C@@H]2C[C@@H](C(=O)Nc3ccc(C#N)cc3)N(C)S(=O)(=O)N2)cnn1C. The second kappa shape index (κ2) is 7.11. The lowest BCUT2D eigenvalue weighted by molar-refractivity contribution is -0.120. The molecule has 1 aromatic carbocycles. The smallest absolute Gasteiger partial charge is 0.280 e. The Morgan fingerprint density at radius 3 is 2.56 bits per heavy atom. The standard InChI is InChI=1S/C17H20N6O3S/c1-11-14(10-19-22(11)2)15-8-16(23(3)27(25,26)21-15)17(24)20-13-6-4-12(9-18)5-7-13/h4-7,10,15-16,21H,8H2,1-3H3,(H,20,24)/t15-,16-/m0/s1. The molecule has 0 aliphatic carbocycles. The normalized spacial score (nSPS) is 22.1. The zero-order chi connectivity index (χ0) is 19.8. The summed E-state index contributed by atoms with van der Waals surface area (Å²) in [5.74, 6) is -0.432. The van der Waals surface area contributed by atoms with Gasteiger partial charge in [0.25, 0.3) is 10.2 Å². The van der Waals surface area contributed by atoms with Gasteiger partial charge in [0.05, 0.1) is 23.9 Å². The summed E-state index contributed by atoms with van der Waals surface area (Å²) in [7, 11) is -0.673. The molecular weight excluding hydrogens is 368 g/mol. The number of likely N-dealkylation sites (N-methyl/N-ethyl adjacent to an activating group) is 1. The molecule has 1 aliphatic heterocycles. The molecule has 1 aromatic heterocycles. The van der Waals surface area contributed by atoms with Crippen molar-refractivity contribution in [1.29, 1.82) is 5.26 Å². The van der Waals surface area contributed by atoms with Gasteiger partial charge in [0.2, 0.25) is 5.91 Å². The summed E-state index contributed by atoms with van der Waals surface area (Å²) in [5, 5.41) is 15.7. The number of rotatable bonds is 3. The molecule has 10 heteroatoms. The lowest BCUT2D eigenvalue weighted by Crippen LogP contribution is -2.56. The fourth-order valence-corrected chi connectivity index (χ4v) is 4.29. The van der Waals surface area contributed by atoms with Gasteiger partial charge in [-0.3, -0.25) is 9.48 Å². The van der Waals surface area contributed by atoms with Crippen molar-refractivity contribution in [2.75, 3.05) is 12.4 Å². The van der Waals surface area contributed by atoms with E-state index >= 15 is 0 Å². The Labute approximate surface area is 157 Å². The van der Waals surface area contributed by atoms with Gasteiger partial charge in [-0.2, -0.15) is 27.8 Å². The van der Waals surface area contributed by atoms with Crippen molar-refractivity contribution in [2.45, 2.75) is 25.4 Å². The van der Waals surface area contributed by atoms with E-state index < -0.39 is 28.2 Å². The molecular formula is C17H20N6O3S. The Bertz CT molecular complexity index is 1010. The number of nitriles is 1. The van der Waals surface area contributed by atoms with E-state index in [-0.39, 0.29) is 6.42 Å². The quantitative estimate of drug-likeness (QED) is 0.806. The van der Waals surface area contributed by atoms with E-state index in [0.717, 1.165) is 15.6 Å². The Morgan fingerprint density at radius 1 is 1.33 bits per heavy atom. The van der Waals surface area contributed by atoms with Crippen molar-refractivity contribution in [1.82, 2.24) is 18.8 Å². The molecule has 9 nitrogen and oxygen atoms in total. The largest absolute Gasteiger partial charge is 0.325 e. The highest BCUT2D eigenvalue weighted by Crippen LogP contribution is 2.29. The van der Waals surface area contributed by atoms with Gasteiger partial charge in [0.1, 0.15) is 6.04 Å². The number of anilines is 1. The molecule has 0 saturated carbocycles. The molecule has 2 N–H and O–H groups in total. The number of hydrogen-bond donors (Lipinski definition) is 2. The van der Waals surface area contributed by atoms with Crippen LogP contribution in [0.1, 0.15) is 29.3 Å². The van der Waals surface area contributed by atoms with Gasteiger partial charge in [-0.25, -0.2) is 0 Å². The van der Waals surface area contributed by atoms with Crippen molar-refractivity contribution >= 4 is 21.8 Å². The van der Waals surface area contributed by atoms with Gasteiger partial charge in [0, 0.05) is 31.0 Å². The van der Waals surface area contributed by atoms with E-state index in [9.17, 15) is 13.2 Å². The molecule has 142 valence electrons. The van der Waals surface area contributed by atoms with Gasteiger partial charge >= 0.3 is 0 Å². The predicted octanol–water partition coefficient (Wildman–Crippen LogP) is 0.818. The molecule has 1 saturated heterocycles. The Balaban J connectivity index is 1.84. The van der Waals surface area contributed by atoms with Gasteiger partial charge in [0.15, 0.2) is 0 Å². The average Bonchev–Trinajstić information content (AvgIpc) is 2.97. The Kier molecular flexibility index (Phi) is 5.01. The molecule has 2 heterocycles. The first kappa shape index (κ1) is 19.0. The van der Waals surface area contributed by atoms with Crippen LogP contribution >= 0.6 is 0 Å². The summed E-state index contributed by atoms with van der Waals surface area (Å²) in [4.78, 5) is 12.8. The zero-order valence-corrected chi connectivity index (χ0v) is 16.0. The number of nitrogens with one attached hydrogen (secondary N) is 2. The van der Waals surface area contributed by atoms with E-state index in [1.165, 1.54) is 7.05 Å². The summed E-state index contributed by atoms with van der Waals surface area (Å²) in [6.07, 6.45) is 1.88. The minimum atomic E-state index is -3.82. The number of carbonyl (C=O) groups is 1. The summed E-state index contributed by atoms with van der Waals surface area (Å²) in [5.41, 5.74) is 2.54. The molecule has 1 aliphatic rings. The second-order valence-corrected chi connectivity index (χ2v) is 8.19. The molecule has 3 rings (SSSR count). The van der Waals surface area contributed by atoms with E-state index in [4.69, 9.17) is 5.26 Å². The average molecular weight is 388 g/mol. The van der Waals surface area contributed by atoms with Gasteiger partial charge in [-0.15, -0.1) is 0 Å². The second-order valence-electron chi connectivity index (χ2n) is 6.43. The summed E-state index contributed by atoms with van der Waals surface area (Å²) in [6.45, 7) is 1.85. The van der Waals surface area contributed by atoms with Crippen LogP contribution in [-0.4, -0.2) is 41.5 Å². The zero-order valence-electron chi connectivity index (χ0n) is 15.2. The van der Waals surface area contributed by atoms with Crippen LogP contribution in [0.2, 0.25) is 0 Å². The first-order chi connectivity index (χ1) is 12.7. The van der Waals surface area contributed by atoms with Crippen LogP contribution in [0.15, 0.2) is 30.5 Å². The van der Waals surface area contributed by atoms with Crippen molar-refractivity contribution in [3.05, 3.63) is 47.3 Å².